The molecule has 0 fully saturated rings. The minimum atomic E-state index is 0.170. The van der Waals surface area contributed by atoms with Crippen molar-refractivity contribution in [2.75, 3.05) is 0 Å². The lowest BCUT2D eigenvalue weighted by atomic mass is 10.1. The number of oxazole rings is 1. The van der Waals surface area contributed by atoms with Gasteiger partial charge < -0.3 is 4.42 Å². The molecule has 0 aliphatic heterocycles. The molecular formula is C13H12BrNO2. The van der Waals surface area contributed by atoms with Gasteiger partial charge in [-0.2, -0.15) is 0 Å². The highest BCUT2D eigenvalue weighted by atomic mass is 79.9. The van der Waals surface area contributed by atoms with Gasteiger partial charge in [-0.15, -0.1) is 0 Å². The van der Waals surface area contributed by atoms with Crippen LogP contribution in [0.4, 0.5) is 0 Å². The molecule has 0 amide bonds. The molecule has 1 heterocycles. The first-order valence-corrected chi connectivity index (χ1v) is 6.13. The van der Waals surface area contributed by atoms with Gasteiger partial charge in [0.1, 0.15) is 0 Å². The second-order valence-corrected chi connectivity index (χ2v) is 4.96. The Labute approximate surface area is 108 Å². The summed E-state index contributed by atoms with van der Waals surface area (Å²) in [6.07, 6.45) is 0.713. The average molecular weight is 294 g/mol. The minimum Gasteiger partial charge on any atom is -0.433 e. The van der Waals surface area contributed by atoms with Crippen LogP contribution < -0.4 is 0 Å². The lowest BCUT2D eigenvalue weighted by Gasteiger charge is -1.97. The van der Waals surface area contributed by atoms with E-state index in [1.54, 1.807) is 0 Å². The van der Waals surface area contributed by atoms with E-state index in [-0.39, 0.29) is 5.92 Å². The second-order valence-electron chi connectivity index (χ2n) is 4.05. The summed E-state index contributed by atoms with van der Waals surface area (Å²) < 4.78 is 6.45. The molecule has 0 atom stereocenters. The fourth-order valence-corrected chi connectivity index (χ4v) is 1.82. The SMILES string of the molecule is CC(C)c1nc(-c2ccc(Br)cc2)oc1C=O. The summed E-state index contributed by atoms with van der Waals surface area (Å²) in [5, 5.41) is 0. The van der Waals surface area contributed by atoms with Gasteiger partial charge in [0.25, 0.3) is 0 Å². The van der Waals surface area contributed by atoms with Gasteiger partial charge in [0.05, 0.1) is 5.69 Å². The van der Waals surface area contributed by atoms with Crippen LogP contribution in [0.1, 0.15) is 36.0 Å². The molecule has 0 radical (unpaired) electrons. The zero-order chi connectivity index (χ0) is 12.4. The average Bonchev–Trinajstić information content (AvgIpc) is 2.74. The summed E-state index contributed by atoms with van der Waals surface area (Å²) in [5.74, 6) is 0.976. The van der Waals surface area contributed by atoms with Gasteiger partial charge in [-0.05, 0) is 30.2 Å². The van der Waals surface area contributed by atoms with E-state index >= 15 is 0 Å². The predicted molar refractivity (Wildman–Crippen MR) is 69.1 cm³/mol. The lowest BCUT2D eigenvalue weighted by Crippen LogP contribution is -1.92. The maximum Gasteiger partial charge on any atom is 0.227 e. The zero-order valence-electron chi connectivity index (χ0n) is 9.61. The standard InChI is InChI=1S/C13H12BrNO2/c1-8(2)12-11(7-16)17-13(15-12)9-3-5-10(14)6-4-9/h3-8H,1-2H3. The summed E-state index contributed by atoms with van der Waals surface area (Å²) in [5.41, 5.74) is 1.57. The summed E-state index contributed by atoms with van der Waals surface area (Å²) in [6.45, 7) is 3.96. The molecule has 0 saturated carbocycles. The molecule has 0 N–H and O–H groups in total. The van der Waals surface area contributed by atoms with E-state index in [0.717, 1.165) is 10.0 Å². The van der Waals surface area contributed by atoms with Crippen LogP contribution in [0.25, 0.3) is 11.5 Å². The third-order valence-corrected chi connectivity index (χ3v) is 2.95. The molecule has 88 valence electrons. The summed E-state index contributed by atoms with van der Waals surface area (Å²) >= 11 is 3.37. The number of carbonyl (C=O) groups is 1. The predicted octanol–water partition coefficient (Wildman–Crippen LogP) is 4.04. The molecule has 0 aliphatic rings. The number of carbonyl (C=O) groups excluding carboxylic acids is 1. The molecule has 2 aromatic rings. The maximum absolute atomic E-state index is 10.9. The van der Waals surface area contributed by atoms with Crippen LogP contribution in [0, 0.1) is 0 Å². The third kappa shape index (κ3) is 2.47. The first-order chi connectivity index (χ1) is 8.11. The van der Waals surface area contributed by atoms with E-state index in [1.807, 2.05) is 38.1 Å². The van der Waals surface area contributed by atoms with Crippen molar-refractivity contribution in [1.82, 2.24) is 4.98 Å². The number of benzene rings is 1. The Bertz CT molecular complexity index is 529. The molecule has 1 aromatic carbocycles. The van der Waals surface area contributed by atoms with Gasteiger partial charge in [0.15, 0.2) is 12.0 Å². The molecule has 0 aliphatic carbocycles. The highest BCUT2D eigenvalue weighted by Crippen LogP contribution is 2.26. The minimum absolute atomic E-state index is 0.170. The van der Waals surface area contributed by atoms with Crippen LogP contribution in [0.5, 0.6) is 0 Å². The highest BCUT2D eigenvalue weighted by molar-refractivity contribution is 9.10. The van der Waals surface area contributed by atoms with Gasteiger partial charge in [0, 0.05) is 10.0 Å². The molecular weight excluding hydrogens is 282 g/mol. The largest absolute Gasteiger partial charge is 0.433 e. The van der Waals surface area contributed by atoms with E-state index in [1.165, 1.54) is 0 Å². The Morgan fingerprint density at radius 1 is 1.29 bits per heavy atom. The number of halogens is 1. The monoisotopic (exact) mass is 293 g/mol. The number of aldehydes is 1. The number of rotatable bonds is 3. The normalized spacial score (nSPS) is 10.8. The quantitative estimate of drug-likeness (QED) is 0.802. The first-order valence-electron chi connectivity index (χ1n) is 5.33. The summed E-state index contributed by atoms with van der Waals surface area (Å²) in [4.78, 5) is 15.3. The fourth-order valence-electron chi connectivity index (χ4n) is 1.56. The van der Waals surface area contributed by atoms with E-state index in [4.69, 9.17) is 4.42 Å². The number of aromatic nitrogens is 1. The molecule has 3 nitrogen and oxygen atoms in total. The van der Waals surface area contributed by atoms with Crippen molar-refractivity contribution in [3.63, 3.8) is 0 Å². The van der Waals surface area contributed by atoms with E-state index in [0.29, 0.717) is 23.6 Å². The van der Waals surface area contributed by atoms with Crippen LogP contribution in [-0.2, 0) is 0 Å². The van der Waals surface area contributed by atoms with Gasteiger partial charge >= 0.3 is 0 Å². The summed E-state index contributed by atoms with van der Waals surface area (Å²) in [7, 11) is 0. The van der Waals surface area contributed by atoms with Crippen LogP contribution in [0.2, 0.25) is 0 Å². The molecule has 0 spiro atoms. The Morgan fingerprint density at radius 2 is 1.94 bits per heavy atom. The van der Waals surface area contributed by atoms with Crippen LogP contribution >= 0.6 is 15.9 Å². The van der Waals surface area contributed by atoms with Gasteiger partial charge in [-0.25, -0.2) is 4.98 Å². The topological polar surface area (TPSA) is 43.1 Å². The molecule has 0 unspecified atom stereocenters. The molecule has 1 aromatic heterocycles. The Morgan fingerprint density at radius 3 is 2.41 bits per heavy atom. The smallest absolute Gasteiger partial charge is 0.227 e. The molecule has 4 heteroatoms. The molecule has 17 heavy (non-hydrogen) atoms. The second kappa shape index (κ2) is 4.84. The third-order valence-electron chi connectivity index (χ3n) is 2.43. The van der Waals surface area contributed by atoms with Crippen molar-refractivity contribution >= 4 is 22.2 Å². The zero-order valence-corrected chi connectivity index (χ0v) is 11.2. The Hall–Kier alpha value is -1.42. The lowest BCUT2D eigenvalue weighted by molar-refractivity contribution is 0.109. The Kier molecular flexibility index (Phi) is 3.43. The van der Waals surface area contributed by atoms with Crippen molar-refractivity contribution in [2.24, 2.45) is 0 Å². The molecule has 0 saturated heterocycles. The fraction of sp³-hybridized carbons (Fsp3) is 0.231. The van der Waals surface area contributed by atoms with Crippen molar-refractivity contribution < 1.29 is 9.21 Å². The van der Waals surface area contributed by atoms with Crippen molar-refractivity contribution in [3.8, 4) is 11.5 Å². The summed E-state index contributed by atoms with van der Waals surface area (Å²) in [6, 6.07) is 7.62. The van der Waals surface area contributed by atoms with Crippen molar-refractivity contribution in [2.45, 2.75) is 19.8 Å². The number of nitrogens with zero attached hydrogens (tertiary/aromatic N) is 1. The van der Waals surface area contributed by atoms with Crippen molar-refractivity contribution in [1.29, 1.82) is 0 Å². The van der Waals surface area contributed by atoms with E-state index < -0.39 is 0 Å². The number of hydrogen-bond donors (Lipinski definition) is 0. The maximum atomic E-state index is 10.9. The van der Waals surface area contributed by atoms with Crippen LogP contribution in [0.15, 0.2) is 33.2 Å². The molecule has 2 rings (SSSR count). The molecule has 0 bridgehead atoms. The van der Waals surface area contributed by atoms with Gasteiger partial charge in [0.2, 0.25) is 5.89 Å². The highest BCUT2D eigenvalue weighted by Gasteiger charge is 2.16. The van der Waals surface area contributed by atoms with Crippen LogP contribution in [-0.4, -0.2) is 11.3 Å². The van der Waals surface area contributed by atoms with E-state index in [9.17, 15) is 4.79 Å². The van der Waals surface area contributed by atoms with Crippen molar-refractivity contribution in [3.05, 3.63) is 40.2 Å². The Balaban J connectivity index is 2.46. The van der Waals surface area contributed by atoms with Gasteiger partial charge in [-0.1, -0.05) is 29.8 Å². The number of hydrogen-bond acceptors (Lipinski definition) is 3. The van der Waals surface area contributed by atoms with Crippen LogP contribution in [0.3, 0.4) is 0 Å². The van der Waals surface area contributed by atoms with Gasteiger partial charge in [-0.3, -0.25) is 4.79 Å². The van der Waals surface area contributed by atoms with E-state index in [2.05, 4.69) is 20.9 Å². The first kappa shape index (κ1) is 12.0.